The molecule has 1 fully saturated rings. The van der Waals surface area contributed by atoms with E-state index >= 15 is 0 Å². The molecule has 0 radical (unpaired) electrons. The van der Waals surface area contributed by atoms with Crippen molar-refractivity contribution in [1.82, 2.24) is 9.62 Å². The number of hydrogen-bond donors (Lipinski definition) is 2. The highest BCUT2D eigenvalue weighted by Gasteiger charge is 2.29. The molecule has 29 heavy (non-hydrogen) atoms. The van der Waals surface area contributed by atoms with E-state index in [4.69, 9.17) is 4.74 Å². The van der Waals surface area contributed by atoms with Crippen LogP contribution >= 0.6 is 0 Å². The topological polar surface area (TPSA) is 91.0 Å². The minimum absolute atomic E-state index is 0.197. The summed E-state index contributed by atoms with van der Waals surface area (Å²) in [7, 11) is 0.906. The SMILES string of the molecule is CC[C@H](C)[C@H](NC1CCN(c2ccc(NS(=O)(=O)N(C)C)cc2)CC1)C(=O)OC. The predicted molar refractivity (Wildman–Crippen MR) is 116 cm³/mol. The van der Waals surface area contributed by atoms with Gasteiger partial charge in [-0.05, 0) is 43.0 Å². The van der Waals surface area contributed by atoms with E-state index in [1.165, 1.54) is 21.2 Å². The molecule has 0 bridgehead atoms. The molecule has 1 aromatic carbocycles. The van der Waals surface area contributed by atoms with Crippen LogP contribution in [-0.4, -0.2) is 65.1 Å². The lowest BCUT2D eigenvalue weighted by Crippen LogP contribution is -2.51. The maximum atomic E-state index is 12.1. The summed E-state index contributed by atoms with van der Waals surface area (Å²) in [5, 5.41) is 3.49. The average Bonchev–Trinajstić information content (AvgIpc) is 2.71. The molecule has 0 aromatic heterocycles. The zero-order chi connectivity index (χ0) is 21.6. The summed E-state index contributed by atoms with van der Waals surface area (Å²) in [6.07, 6.45) is 2.77. The largest absolute Gasteiger partial charge is 0.468 e. The van der Waals surface area contributed by atoms with Crippen molar-refractivity contribution in [2.75, 3.05) is 43.9 Å². The van der Waals surface area contributed by atoms with Gasteiger partial charge in [-0.15, -0.1) is 0 Å². The van der Waals surface area contributed by atoms with Crippen molar-refractivity contribution < 1.29 is 17.9 Å². The number of ether oxygens (including phenoxy) is 1. The van der Waals surface area contributed by atoms with Crippen molar-refractivity contribution in [2.24, 2.45) is 5.92 Å². The first kappa shape index (κ1) is 23.4. The van der Waals surface area contributed by atoms with Gasteiger partial charge in [-0.3, -0.25) is 9.52 Å². The number of anilines is 2. The summed E-state index contributed by atoms with van der Waals surface area (Å²) in [5.74, 6) is 0.0245. The Bertz CT molecular complexity index is 759. The van der Waals surface area contributed by atoms with Gasteiger partial charge in [0, 0.05) is 44.6 Å². The first-order valence-corrected chi connectivity index (χ1v) is 11.5. The van der Waals surface area contributed by atoms with Crippen LogP contribution in [0, 0.1) is 5.92 Å². The Balaban J connectivity index is 1.92. The third-order valence-corrected chi connectivity index (χ3v) is 6.99. The van der Waals surface area contributed by atoms with Crippen LogP contribution in [0.15, 0.2) is 24.3 Å². The molecule has 1 heterocycles. The zero-order valence-electron chi connectivity index (χ0n) is 18.0. The van der Waals surface area contributed by atoms with E-state index in [1.807, 2.05) is 12.1 Å². The Hall–Kier alpha value is -1.84. The van der Waals surface area contributed by atoms with Gasteiger partial charge in [-0.25, -0.2) is 0 Å². The number of nitrogens with zero attached hydrogens (tertiary/aromatic N) is 2. The normalized spacial score (nSPS) is 17.8. The number of methoxy groups -OCH3 is 1. The van der Waals surface area contributed by atoms with Crippen LogP contribution in [-0.2, 0) is 19.7 Å². The lowest BCUT2D eigenvalue weighted by molar-refractivity contribution is -0.144. The van der Waals surface area contributed by atoms with Crippen LogP contribution in [0.1, 0.15) is 33.1 Å². The fourth-order valence-electron chi connectivity index (χ4n) is 3.37. The smallest absolute Gasteiger partial charge is 0.323 e. The second-order valence-corrected chi connectivity index (χ2v) is 9.64. The molecule has 1 saturated heterocycles. The molecule has 1 aromatic rings. The second kappa shape index (κ2) is 10.3. The molecule has 2 rings (SSSR count). The van der Waals surface area contributed by atoms with Crippen molar-refractivity contribution in [3.05, 3.63) is 24.3 Å². The zero-order valence-corrected chi connectivity index (χ0v) is 18.8. The summed E-state index contributed by atoms with van der Waals surface area (Å²) in [5.41, 5.74) is 1.59. The highest BCUT2D eigenvalue weighted by Crippen LogP contribution is 2.23. The third-order valence-electron chi connectivity index (χ3n) is 5.54. The Morgan fingerprint density at radius 2 is 1.83 bits per heavy atom. The molecule has 2 atom stereocenters. The molecule has 2 N–H and O–H groups in total. The van der Waals surface area contributed by atoms with E-state index in [2.05, 4.69) is 28.8 Å². The molecule has 0 aliphatic carbocycles. The minimum Gasteiger partial charge on any atom is -0.468 e. The number of carbonyl (C=O) groups is 1. The molecule has 0 amide bonds. The Morgan fingerprint density at radius 3 is 2.31 bits per heavy atom. The van der Waals surface area contributed by atoms with Crippen LogP contribution < -0.4 is 14.9 Å². The van der Waals surface area contributed by atoms with Gasteiger partial charge in [-0.1, -0.05) is 20.3 Å². The van der Waals surface area contributed by atoms with E-state index in [-0.39, 0.29) is 24.0 Å². The highest BCUT2D eigenvalue weighted by molar-refractivity contribution is 7.90. The van der Waals surface area contributed by atoms with Gasteiger partial charge in [0.15, 0.2) is 0 Å². The molecule has 0 unspecified atom stereocenters. The number of carbonyl (C=O) groups excluding carboxylic acids is 1. The quantitative estimate of drug-likeness (QED) is 0.588. The Kier molecular flexibility index (Phi) is 8.30. The van der Waals surface area contributed by atoms with Crippen molar-refractivity contribution >= 4 is 27.6 Å². The minimum atomic E-state index is -3.50. The third kappa shape index (κ3) is 6.32. The van der Waals surface area contributed by atoms with E-state index in [9.17, 15) is 13.2 Å². The van der Waals surface area contributed by atoms with Crippen LogP contribution in [0.5, 0.6) is 0 Å². The predicted octanol–water partition coefficient (Wildman–Crippen LogP) is 2.05. The Labute approximate surface area is 174 Å². The number of piperidine rings is 1. The highest BCUT2D eigenvalue weighted by atomic mass is 32.2. The molecular formula is C20H34N4O4S. The van der Waals surface area contributed by atoms with E-state index in [0.717, 1.165) is 42.3 Å². The summed E-state index contributed by atoms with van der Waals surface area (Å²) < 4.78 is 32.5. The summed E-state index contributed by atoms with van der Waals surface area (Å²) in [6, 6.07) is 7.41. The fourth-order valence-corrected chi connectivity index (χ4v) is 3.98. The van der Waals surface area contributed by atoms with Gasteiger partial charge < -0.3 is 15.0 Å². The average molecular weight is 427 g/mol. The van der Waals surface area contributed by atoms with E-state index in [0.29, 0.717) is 5.69 Å². The van der Waals surface area contributed by atoms with Gasteiger partial charge in [-0.2, -0.15) is 12.7 Å². The molecular weight excluding hydrogens is 392 g/mol. The van der Waals surface area contributed by atoms with Crippen LogP contribution in [0.2, 0.25) is 0 Å². The van der Waals surface area contributed by atoms with Crippen LogP contribution in [0.3, 0.4) is 0 Å². The standard InChI is InChI=1S/C20H34N4O4S/c1-6-15(2)19(20(25)28-5)21-16-11-13-24(14-12-16)18-9-7-17(8-10-18)22-29(26,27)23(3)4/h7-10,15-16,19,21-22H,6,11-14H2,1-5H3/t15-,19-/m0/s1. The molecule has 1 aliphatic rings. The maximum absolute atomic E-state index is 12.1. The lowest BCUT2D eigenvalue weighted by Gasteiger charge is -2.36. The number of nitrogens with one attached hydrogen (secondary N) is 2. The fraction of sp³-hybridized carbons (Fsp3) is 0.650. The first-order chi connectivity index (χ1) is 13.7. The summed E-state index contributed by atoms with van der Waals surface area (Å²) in [4.78, 5) is 14.4. The maximum Gasteiger partial charge on any atom is 0.323 e. The van der Waals surface area contributed by atoms with Crippen molar-refractivity contribution in [1.29, 1.82) is 0 Å². The van der Waals surface area contributed by atoms with E-state index < -0.39 is 10.2 Å². The van der Waals surface area contributed by atoms with Crippen molar-refractivity contribution in [2.45, 2.75) is 45.2 Å². The van der Waals surface area contributed by atoms with Gasteiger partial charge in [0.1, 0.15) is 6.04 Å². The summed E-state index contributed by atoms with van der Waals surface area (Å²) >= 11 is 0. The van der Waals surface area contributed by atoms with E-state index in [1.54, 1.807) is 12.1 Å². The number of hydrogen-bond acceptors (Lipinski definition) is 6. The van der Waals surface area contributed by atoms with Gasteiger partial charge in [0.05, 0.1) is 7.11 Å². The van der Waals surface area contributed by atoms with Crippen molar-refractivity contribution in [3.8, 4) is 0 Å². The lowest BCUT2D eigenvalue weighted by atomic mass is 9.96. The van der Waals surface area contributed by atoms with Crippen molar-refractivity contribution in [3.63, 3.8) is 0 Å². The Morgan fingerprint density at radius 1 is 1.24 bits per heavy atom. The molecule has 0 spiro atoms. The number of esters is 1. The van der Waals surface area contributed by atoms with Gasteiger partial charge in [0.2, 0.25) is 0 Å². The molecule has 8 nitrogen and oxygen atoms in total. The first-order valence-electron chi connectivity index (χ1n) is 10.1. The summed E-state index contributed by atoms with van der Waals surface area (Å²) in [6.45, 7) is 5.88. The van der Waals surface area contributed by atoms with Crippen LogP contribution in [0.25, 0.3) is 0 Å². The second-order valence-electron chi connectivity index (χ2n) is 7.75. The molecule has 9 heteroatoms. The monoisotopic (exact) mass is 426 g/mol. The molecule has 164 valence electrons. The molecule has 1 aliphatic heterocycles. The number of benzene rings is 1. The van der Waals surface area contributed by atoms with Gasteiger partial charge in [0.25, 0.3) is 0 Å². The number of rotatable bonds is 9. The van der Waals surface area contributed by atoms with Crippen LogP contribution in [0.4, 0.5) is 11.4 Å². The van der Waals surface area contributed by atoms with Gasteiger partial charge >= 0.3 is 16.2 Å². The molecule has 0 saturated carbocycles.